The van der Waals surface area contributed by atoms with Gasteiger partial charge in [0.15, 0.2) is 11.5 Å². The van der Waals surface area contributed by atoms with Gasteiger partial charge in [0, 0.05) is 18.2 Å². The normalized spacial score (nSPS) is 12.1. The summed E-state index contributed by atoms with van der Waals surface area (Å²) < 4.78 is 16.1. The van der Waals surface area contributed by atoms with Gasteiger partial charge in [0.05, 0.1) is 21.3 Å². The van der Waals surface area contributed by atoms with Crippen molar-refractivity contribution in [3.63, 3.8) is 0 Å². The topological polar surface area (TPSA) is 65.7 Å². The molecule has 1 aromatic carbocycles. The predicted octanol–water partition coefficient (Wildman–Crippen LogP) is 1.71. The molecule has 0 saturated heterocycles. The van der Waals surface area contributed by atoms with Gasteiger partial charge in [-0.1, -0.05) is 6.92 Å². The van der Waals surface area contributed by atoms with E-state index in [9.17, 15) is 0 Å². The monoisotopic (exact) mass is 268 g/mol. The lowest BCUT2D eigenvalue weighted by Crippen LogP contribution is -2.29. The summed E-state index contributed by atoms with van der Waals surface area (Å²) >= 11 is 0. The highest BCUT2D eigenvalue weighted by molar-refractivity contribution is 5.56. The van der Waals surface area contributed by atoms with Crippen LogP contribution in [0, 0.1) is 0 Å². The first kappa shape index (κ1) is 15.6. The molecule has 1 atom stereocenters. The summed E-state index contributed by atoms with van der Waals surface area (Å²) in [7, 11) is 4.82. The van der Waals surface area contributed by atoms with Crippen molar-refractivity contribution in [1.29, 1.82) is 0 Å². The van der Waals surface area contributed by atoms with Crippen LogP contribution < -0.4 is 25.3 Å². The minimum atomic E-state index is 0.0368. The zero-order valence-electron chi connectivity index (χ0n) is 12.2. The molecule has 1 unspecified atom stereocenters. The van der Waals surface area contributed by atoms with Crippen molar-refractivity contribution in [2.24, 2.45) is 5.73 Å². The van der Waals surface area contributed by atoms with Crippen molar-refractivity contribution in [2.45, 2.75) is 19.4 Å². The summed E-state index contributed by atoms with van der Waals surface area (Å²) in [5.41, 5.74) is 6.82. The first-order valence-corrected chi connectivity index (χ1v) is 6.45. The summed E-state index contributed by atoms with van der Waals surface area (Å²) in [5.74, 6) is 1.91. The molecular formula is C14H24N2O3. The number of nitrogens with one attached hydrogen (secondary N) is 1. The van der Waals surface area contributed by atoms with E-state index in [0.29, 0.717) is 23.8 Å². The van der Waals surface area contributed by atoms with E-state index in [2.05, 4.69) is 12.2 Å². The average molecular weight is 268 g/mol. The van der Waals surface area contributed by atoms with Crippen LogP contribution in [0.15, 0.2) is 12.1 Å². The lowest BCUT2D eigenvalue weighted by molar-refractivity contribution is 0.319. The summed E-state index contributed by atoms with van der Waals surface area (Å²) in [6.07, 6.45) is 1.05. The van der Waals surface area contributed by atoms with E-state index in [1.807, 2.05) is 12.1 Å². The molecule has 0 saturated carbocycles. The molecule has 0 aromatic heterocycles. The highest BCUT2D eigenvalue weighted by Crippen LogP contribution is 2.41. The van der Waals surface area contributed by atoms with Crippen LogP contribution in [0.4, 0.5) is 0 Å². The van der Waals surface area contributed by atoms with Crippen LogP contribution in [0.5, 0.6) is 17.2 Å². The highest BCUT2D eigenvalue weighted by atomic mass is 16.5. The number of benzene rings is 1. The van der Waals surface area contributed by atoms with Crippen LogP contribution in [0.1, 0.15) is 24.9 Å². The Morgan fingerprint density at radius 2 is 1.79 bits per heavy atom. The quantitative estimate of drug-likeness (QED) is 0.751. The predicted molar refractivity (Wildman–Crippen MR) is 76.2 cm³/mol. The molecule has 3 N–H and O–H groups in total. The zero-order chi connectivity index (χ0) is 14.3. The van der Waals surface area contributed by atoms with Crippen LogP contribution in [-0.2, 0) is 0 Å². The fourth-order valence-corrected chi connectivity index (χ4v) is 2.04. The molecule has 5 nitrogen and oxygen atoms in total. The Kier molecular flexibility index (Phi) is 6.45. The second kappa shape index (κ2) is 7.86. The number of rotatable bonds is 8. The number of hydrogen-bond acceptors (Lipinski definition) is 5. The molecule has 0 bridgehead atoms. The van der Waals surface area contributed by atoms with Gasteiger partial charge in [0.1, 0.15) is 0 Å². The van der Waals surface area contributed by atoms with Crippen LogP contribution >= 0.6 is 0 Å². The van der Waals surface area contributed by atoms with Gasteiger partial charge in [-0.2, -0.15) is 0 Å². The largest absolute Gasteiger partial charge is 0.493 e. The van der Waals surface area contributed by atoms with Crippen LogP contribution in [0.3, 0.4) is 0 Å². The van der Waals surface area contributed by atoms with E-state index >= 15 is 0 Å². The average Bonchev–Trinajstić information content (AvgIpc) is 2.46. The number of methoxy groups -OCH3 is 3. The van der Waals surface area contributed by atoms with Gasteiger partial charge < -0.3 is 25.3 Å². The lowest BCUT2D eigenvalue weighted by Gasteiger charge is -2.22. The van der Waals surface area contributed by atoms with E-state index in [1.54, 1.807) is 21.3 Å². The first-order valence-electron chi connectivity index (χ1n) is 6.45. The lowest BCUT2D eigenvalue weighted by atomic mass is 10.0. The Balaban J connectivity index is 3.18. The molecule has 108 valence electrons. The Labute approximate surface area is 115 Å². The van der Waals surface area contributed by atoms with Gasteiger partial charge in [0.2, 0.25) is 5.75 Å². The van der Waals surface area contributed by atoms with E-state index in [4.69, 9.17) is 19.9 Å². The minimum Gasteiger partial charge on any atom is -0.493 e. The van der Waals surface area contributed by atoms with E-state index in [-0.39, 0.29) is 6.04 Å². The van der Waals surface area contributed by atoms with Crippen molar-refractivity contribution in [3.05, 3.63) is 17.7 Å². The maximum atomic E-state index is 5.84. The Hall–Kier alpha value is -1.46. The molecule has 0 amide bonds. The van der Waals surface area contributed by atoms with Gasteiger partial charge in [-0.05, 0) is 25.1 Å². The molecule has 0 spiro atoms. The second-order valence-electron chi connectivity index (χ2n) is 4.17. The summed E-state index contributed by atoms with van der Waals surface area (Å²) in [6.45, 7) is 3.51. The Morgan fingerprint density at radius 3 is 2.26 bits per heavy atom. The Bertz CT molecular complexity index is 397. The molecule has 5 heteroatoms. The molecule has 1 rings (SSSR count). The number of nitrogens with two attached hydrogens (primary N) is 1. The SMILES string of the molecule is CCCNC(CN)c1ccc(OC)c(OC)c1OC. The van der Waals surface area contributed by atoms with Crippen molar-refractivity contribution >= 4 is 0 Å². The maximum Gasteiger partial charge on any atom is 0.203 e. The van der Waals surface area contributed by atoms with Crippen LogP contribution in [0.25, 0.3) is 0 Å². The van der Waals surface area contributed by atoms with E-state index in [1.165, 1.54) is 0 Å². The van der Waals surface area contributed by atoms with Crippen LogP contribution in [-0.4, -0.2) is 34.4 Å². The fourth-order valence-electron chi connectivity index (χ4n) is 2.04. The molecule has 0 heterocycles. The van der Waals surface area contributed by atoms with Gasteiger partial charge >= 0.3 is 0 Å². The molecule has 1 aromatic rings. The summed E-state index contributed by atoms with van der Waals surface area (Å²) in [5, 5.41) is 3.40. The zero-order valence-corrected chi connectivity index (χ0v) is 12.2. The van der Waals surface area contributed by atoms with Gasteiger partial charge in [0.25, 0.3) is 0 Å². The second-order valence-corrected chi connectivity index (χ2v) is 4.17. The number of ether oxygens (including phenoxy) is 3. The molecular weight excluding hydrogens is 244 g/mol. The summed E-state index contributed by atoms with van der Waals surface area (Å²) in [6, 6.07) is 3.86. The maximum absolute atomic E-state index is 5.84. The van der Waals surface area contributed by atoms with Crippen molar-refractivity contribution in [3.8, 4) is 17.2 Å². The third-order valence-corrected chi connectivity index (χ3v) is 2.99. The standard InChI is InChI=1S/C14H24N2O3/c1-5-8-16-11(9-15)10-6-7-12(17-2)14(19-4)13(10)18-3/h6-7,11,16H,5,8-9,15H2,1-4H3. The summed E-state index contributed by atoms with van der Waals surface area (Å²) in [4.78, 5) is 0. The minimum absolute atomic E-state index is 0.0368. The third kappa shape index (κ3) is 3.52. The molecule has 0 aliphatic heterocycles. The van der Waals surface area contributed by atoms with E-state index < -0.39 is 0 Å². The van der Waals surface area contributed by atoms with Gasteiger partial charge in [-0.15, -0.1) is 0 Å². The number of hydrogen-bond donors (Lipinski definition) is 2. The molecule has 0 fully saturated rings. The van der Waals surface area contributed by atoms with Gasteiger partial charge in [-0.25, -0.2) is 0 Å². The van der Waals surface area contributed by atoms with Crippen molar-refractivity contribution in [1.82, 2.24) is 5.32 Å². The van der Waals surface area contributed by atoms with Crippen molar-refractivity contribution in [2.75, 3.05) is 34.4 Å². The van der Waals surface area contributed by atoms with Crippen LogP contribution in [0.2, 0.25) is 0 Å². The smallest absolute Gasteiger partial charge is 0.203 e. The highest BCUT2D eigenvalue weighted by Gasteiger charge is 2.20. The Morgan fingerprint density at radius 1 is 1.11 bits per heavy atom. The fraction of sp³-hybridized carbons (Fsp3) is 0.571. The molecule has 19 heavy (non-hydrogen) atoms. The molecule has 0 aliphatic carbocycles. The van der Waals surface area contributed by atoms with E-state index in [0.717, 1.165) is 18.5 Å². The molecule has 0 aliphatic rings. The third-order valence-electron chi connectivity index (χ3n) is 2.99. The van der Waals surface area contributed by atoms with Crippen molar-refractivity contribution < 1.29 is 14.2 Å². The first-order chi connectivity index (χ1) is 9.23. The van der Waals surface area contributed by atoms with Gasteiger partial charge in [-0.3, -0.25) is 0 Å². The molecule has 0 radical (unpaired) electrons.